The standard InChI is InChI=1S/C21H20BrNO2S/c22-17-9-3-2-8-16(17)20(23-11-5-7-15(13-23)21(24)25)19-12-14-6-1-4-10-18(14)26-19/h1-4,6,8-10,12,15,20H,5,7,11,13H2,(H,24,25). The van der Waals surface area contributed by atoms with Crippen LogP contribution in [0.25, 0.3) is 10.1 Å². The molecule has 0 saturated carbocycles. The van der Waals surface area contributed by atoms with Gasteiger partial charge >= 0.3 is 5.97 Å². The highest BCUT2D eigenvalue weighted by Crippen LogP contribution is 2.40. The number of aliphatic carboxylic acids is 1. The van der Waals surface area contributed by atoms with Gasteiger partial charge in [0.2, 0.25) is 0 Å². The van der Waals surface area contributed by atoms with Crippen LogP contribution in [0.2, 0.25) is 0 Å². The molecule has 1 aromatic heterocycles. The Hall–Kier alpha value is -1.69. The molecule has 3 nitrogen and oxygen atoms in total. The first-order chi connectivity index (χ1) is 12.6. The molecule has 1 N–H and O–H groups in total. The molecule has 2 atom stereocenters. The fourth-order valence-electron chi connectivity index (χ4n) is 3.81. The molecular weight excluding hydrogens is 410 g/mol. The van der Waals surface area contributed by atoms with Gasteiger partial charge in [-0.25, -0.2) is 0 Å². The highest BCUT2D eigenvalue weighted by Gasteiger charge is 2.32. The third-order valence-corrected chi connectivity index (χ3v) is 6.97. The summed E-state index contributed by atoms with van der Waals surface area (Å²) in [6.07, 6.45) is 1.68. The van der Waals surface area contributed by atoms with Gasteiger partial charge in [0, 0.05) is 20.6 Å². The van der Waals surface area contributed by atoms with Gasteiger partial charge in [-0.2, -0.15) is 0 Å². The number of hydrogen-bond acceptors (Lipinski definition) is 3. The molecule has 4 rings (SSSR count). The van der Waals surface area contributed by atoms with Crippen LogP contribution >= 0.6 is 27.3 Å². The van der Waals surface area contributed by atoms with Crippen LogP contribution in [0.1, 0.15) is 29.3 Å². The number of thiophene rings is 1. The monoisotopic (exact) mass is 429 g/mol. The van der Waals surface area contributed by atoms with Crippen LogP contribution in [0.3, 0.4) is 0 Å². The second kappa shape index (κ2) is 7.51. The molecule has 1 saturated heterocycles. The first-order valence-corrected chi connectivity index (χ1v) is 10.4. The van der Waals surface area contributed by atoms with Crippen LogP contribution in [-0.4, -0.2) is 29.1 Å². The van der Waals surface area contributed by atoms with Gasteiger partial charge in [0.05, 0.1) is 12.0 Å². The minimum atomic E-state index is -0.683. The second-order valence-corrected chi connectivity index (χ2v) is 8.75. The molecule has 1 fully saturated rings. The fourth-order valence-corrected chi connectivity index (χ4v) is 5.53. The van der Waals surface area contributed by atoms with Gasteiger partial charge in [-0.05, 0) is 48.5 Å². The molecule has 3 aromatic rings. The van der Waals surface area contributed by atoms with E-state index in [2.05, 4.69) is 69.4 Å². The number of carboxylic acid groups (broad SMARTS) is 1. The van der Waals surface area contributed by atoms with Gasteiger partial charge in [0.15, 0.2) is 0 Å². The van der Waals surface area contributed by atoms with Crippen molar-refractivity contribution < 1.29 is 9.90 Å². The summed E-state index contributed by atoms with van der Waals surface area (Å²) >= 11 is 5.51. The second-order valence-electron chi connectivity index (χ2n) is 6.78. The zero-order valence-corrected chi connectivity index (χ0v) is 16.7. The predicted octanol–water partition coefficient (Wildman–Crippen LogP) is 5.55. The number of benzene rings is 2. The molecule has 1 aliphatic heterocycles. The molecule has 2 heterocycles. The Kier molecular flexibility index (Phi) is 5.11. The summed E-state index contributed by atoms with van der Waals surface area (Å²) in [5.74, 6) is -0.972. The zero-order chi connectivity index (χ0) is 18.1. The lowest BCUT2D eigenvalue weighted by atomic mass is 9.94. The molecule has 0 aliphatic carbocycles. The van der Waals surface area contributed by atoms with E-state index in [1.165, 1.54) is 20.5 Å². The molecule has 134 valence electrons. The molecule has 2 aromatic carbocycles. The lowest BCUT2D eigenvalue weighted by molar-refractivity contribution is -0.143. The molecular formula is C21H20BrNO2S. The Bertz CT molecular complexity index is 905. The van der Waals surface area contributed by atoms with Crippen molar-refractivity contribution in [2.45, 2.75) is 18.9 Å². The average Bonchev–Trinajstić information content (AvgIpc) is 3.07. The summed E-state index contributed by atoms with van der Waals surface area (Å²) in [7, 11) is 0. The van der Waals surface area contributed by atoms with Crippen molar-refractivity contribution in [1.82, 2.24) is 4.90 Å². The first-order valence-electron chi connectivity index (χ1n) is 8.83. The number of rotatable bonds is 4. The third kappa shape index (κ3) is 3.43. The molecule has 1 aliphatic rings. The van der Waals surface area contributed by atoms with Crippen LogP contribution in [0.15, 0.2) is 59.1 Å². The highest BCUT2D eigenvalue weighted by molar-refractivity contribution is 9.10. The molecule has 5 heteroatoms. The lowest BCUT2D eigenvalue weighted by Gasteiger charge is -2.37. The van der Waals surface area contributed by atoms with Crippen LogP contribution < -0.4 is 0 Å². The predicted molar refractivity (Wildman–Crippen MR) is 110 cm³/mol. The number of halogens is 1. The van der Waals surface area contributed by atoms with Crippen LogP contribution in [0, 0.1) is 5.92 Å². The van der Waals surface area contributed by atoms with Gasteiger partial charge in [0.25, 0.3) is 0 Å². The summed E-state index contributed by atoms with van der Waals surface area (Å²) in [4.78, 5) is 15.2. The number of piperidine rings is 1. The van der Waals surface area contributed by atoms with E-state index in [9.17, 15) is 9.90 Å². The number of carbonyl (C=O) groups is 1. The van der Waals surface area contributed by atoms with Crippen molar-refractivity contribution in [1.29, 1.82) is 0 Å². The van der Waals surface area contributed by atoms with Gasteiger partial charge in [-0.15, -0.1) is 11.3 Å². The first kappa shape index (κ1) is 17.7. The Labute approximate surface area is 165 Å². The Morgan fingerprint density at radius 1 is 1.19 bits per heavy atom. The molecule has 0 bridgehead atoms. The number of carboxylic acids is 1. The topological polar surface area (TPSA) is 40.5 Å². The van der Waals surface area contributed by atoms with E-state index < -0.39 is 5.97 Å². The third-order valence-electron chi connectivity index (χ3n) is 5.08. The van der Waals surface area contributed by atoms with Crippen LogP contribution in [0.5, 0.6) is 0 Å². The Morgan fingerprint density at radius 2 is 1.96 bits per heavy atom. The van der Waals surface area contributed by atoms with Gasteiger partial charge < -0.3 is 5.11 Å². The Morgan fingerprint density at radius 3 is 2.73 bits per heavy atom. The molecule has 2 unspecified atom stereocenters. The van der Waals surface area contributed by atoms with Crippen molar-refractivity contribution in [2.75, 3.05) is 13.1 Å². The SMILES string of the molecule is O=C(O)C1CCCN(C(c2cc3ccccc3s2)c2ccccc2Br)C1. The van der Waals surface area contributed by atoms with E-state index in [4.69, 9.17) is 0 Å². The summed E-state index contributed by atoms with van der Waals surface area (Å²) in [6.45, 7) is 1.51. The summed E-state index contributed by atoms with van der Waals surface area (Å²) in [5.41, 5.74) is 1.20. The zero-order valence-electron chi connectivity index (χ0n) is 14.3. The molecule has 0 amide bonds. The maximum atomic E-state index is 11.6. The van der Waals surface area contributed by atoms with E-state index in [1.54, 1.807) is 11.3 Å². The fraction of sp³-hybridized carbons (Fsp3) is 0.286. The van der Waals surface area contributed by atoms with E-state index in [-0.39, 0.29) is 12.0 Å². The van der Waals surface area contributed by atoms with E-state index in [0.29, 0.717) is 6.54 Å². The number of likely N-dealkylation sites (tertiary alicyclic amines) is 1. The molecule has 0 spiro atoms. The average molecular weight is 430 g/mol. The van der Waals surface area contributed by atoms with Crippen molar-refractivity contribution in [3.05, 3.63) is 69.5 Å². The molecule has 0 radical (unpaired) electrons. The molecule has 26 heavy (non-hydrogen) atoms. The smallest absolute Gasteiger partial charge is 0.307 e. The van der Waals surface area contributed by atoms with Crippen molar-refractivity contribution >= 4 is 43.3 Å². The minimum Gasteiger partial charge on any atom is -0.481 e. The maximum absolute atomic E-state index is 11.6. The highest BCUT2D eigenvalue weighted by atomic mass is 79.9. The van der Waals surface area contributed by atoms with E-state index in [0.717, 1.165) is 23.9 Å². The quantitative estimate of drug-likeness (QED) is 0.590. The van der Waals surface area contributed by atoms with Crippen molar-refractivity contribution in [2.24, 2.45) is 5.92 Å². The maximum Gasteiger partial charge on any atom is 0.307 e. The largest absolute Gasteiger partial charge is 0.481 e. The van der Waals surface area contributed by atoms with Gasteiger partial charge in [-0.1, -0.05) is 52.3 Å². The number of nitrogens with zero attached hydrogens (tertiary/aromatic N) is 1. The van der Waals surface area contributed by atoms with E-state index in [1.807, 2.05) is 6.07 Å². The summed E-state index contributed by atoms with van der Waals surface area (Å²) < 4.78 is 2.34. The van der Waals surface area contributed by atoms with Crippen molar-refractivity contribution in [3.8, 4) is 0 Å². The van der Waals surface area contributed by atoms with E-state index >= 15 is 0 Å². The number of fused-ring (bicyclic) bond motifs is 1. The lowest BCUT2D eigenvalue weighted by Crippen LogP contribution is -2.41. The van der Waals surface area contributed by atoms with Crippen molar-refractivity contribution in [3.63, 3.8) is 0 Å². The van der Waals surface area contributed by atoms with Crippen LogP contribution in [-0.2, 0) is 4.79 Å². The van der Waals surface area contributed by atoms with Crippen LogP contribution in [0.4, 0.5) is 0 Å². The van der Waals surface area contributed by atoms with Gasteiger partial charge in [0.1, 0.15) is 0 Å². The minimum absolute atomic E-state index is 0.0742. The number of hydrogen-bond donors (Lipinski definition) is 1. The normalized spacial score (nSPS) is 19.5. The summed E-state index contributed by atoms with van der Waals surface area (Å²) in [6, 6.07) is 19.0. The summed E-state index contributed by atoms with van der Waals surface area (Å²) in [5, 5.41) is 10.8. The Balaban J connectivity index is 1.79. The van der Waals surface area contributed by atoms with Gasteiger partial charge in [-0.3, -0.25) is 9.69 Å².